The van der Waals surface area contributed by atoms with Gasteiger partial charge in [-0.2, -0.15) is 0 Å². The second-order valence-corrected chi connectivity index (χ2v) is 10.4. The summed E-state index contributed by atoms with van der Waals surface area (Å²) in [4.78, 5) is -0.341. The van der Waals surface area contributed by atoms with Crippen LogP contribution in [0, 0.1) is 5.82 Å². The molecule has 0 radical (unpaired) electrons. The molecule has 7 nitrogen and oxygen atoms in total. The molecule has 0 heterocycles. The van der Waals surface area contributed by atoms with E-state index in [0.717, 1.165) is 18.2 Å². The number of anilines is 2. The van der Waals surface area contributed by atoms with E-state index in [9.17, 15) is 21.2 Å². The largest absolute Gasteiger partial charge is 0.494 e. The van der Waals surface area contributed by atoms with Crippen LogP contribution < -0.4 is 14.2 Å². The zero-order valence-corrected chi connectivity index (χ0v) is 18.9. The van der Waals surface area contributed by atoms with Gasteiger partial charge in [-0.25, -0.2) is 21.2 Å². The smallest absolute Gasteiger partial charge is 0.262 e. The van der Waals surface area contributed by atoms with E-state index < -0.39 is 25.9 Å². The number of hydrogen-bond acceptors (Lipinski definition) is 5. The Balaban J connectivity index is 1.80. The predicted octanol–water partition coefficient (Wildman–Crippen LogP) is 4.74. The molecular formula is C19H15Cl2FN2O5S2. The molecule has 3 aromatic rings. The highest BCUT2D eigenvalue weighted by Gasteiger charge is 2.19. The standard InChI is InChI=1S/C19H15Cl2FN2O5S2/c1-29-19-11-15(7-8-17(19)22)31(27,28)23-13-3-5-14(6-4-13)30(25,26)24-18-9-2-12(20)10-16(18)21/h2-11,23-24H,1H3. The normalized spacial score (nSPS) is 11.7. The van der Waals surface area contributed by atoms with E-state index in [4.69, 9.17) is 27.9 Å². The Morgan fingerprint density at radius 1 is 0.806 bits per heavy atom. The van der Waals surface area contributed by atoms with E-state index in [1.165, 1.54) is 49.6 Å². The molecule has 0 saturated carbocycles. The van der Waals surface area contributed by atoms with Crippen LogP contribution in [0.25, 0.3) is 0 Å². The van der Waals surface area contributed by atoms with Gasteiger partial charge in [0, 0.05) is 16.8 Å². The molecule has 0 bridgehead atoms. The number of nitrogens with one attached hydrogen (secondary N) is 2. The van der Waals surface area contributed by atoms with E-state index in [-0.39, 0.29) is 31.9 Å². The van der Waals surface area contributed by atoms with Crippen molar-refractivity contribution in [3.05, 3.63) is 76.5 Å². The summed E-state index contributed by atoms with van der Waals surface area (Å²) < 4.78 is 73.1. The Hall–Kier alpha value is -2.53. The lowest BCUT2D eigenvalue weighted by Crippen LogP contribution is -2.15. The van der Waals surface area contributed by atoms with Gasteiger partial charge in [0.05, 0.1) is 27.6 Å². The third-order valence-corrected chi connectivity index (χ3v) is 7.33. The van der Waals surface area contributed by atoms with E-state index in [2.05, 4.69) is 9.44 Å². The molecule has 164 valence electrons. The molecule has 0 aliphatic carbocycles. The van der Waals surface area contributed by atoms with Gasteiger partial charge >= 0.3 is 0 Å². The minimum absolute atomic E-state index is 0.103. The molecule has 0 aliphatic rings. The molecule has 2 N–H and O–H groups in total. The van der Waals surface area contributed by atoms with Gasteiger partial charge in [-0.15, -0.1) is 0 Å². The zero-order chi connectivity index (χ0) is 22.8. The number of sulfonamides is 2. The average molecular weight is 505 g/mol. The van der Waals surface area contributed by atoms with Crippen LogP contribution in [0.15, 0.2) is 70.5 Å². The molecule has 12 heteroatoms. The molecule has 3 rings (SSSR count). The van der Waals surface area contributed by atoms with Gasteiger partial charge in [-0.05, 0) is 54.6 Å². The van der Waals surface area contributed by atoms with Crippen LogP contribution in [0.3, 0.4) is 0 Å². The highest BCUT2D eigenvalue weighted by atomic mass is 35.5. The second kappa shape index (κ2) is 8.91. The van der Waals surface area contributed by atoms with Crippen molar-refractivity contribution in [1.29, 1.82) is 0 Å². The summed E-state index contributed by atoms with van der Waals surface area (Å²) in [5.41, 5.74) is 0.243. The fraction of sp³-hybridized carbons (Fsp3) is 0.0526. The zero-order valence-electron chi connectivity index (χ0n) is 15.8. The lowest BCUT2D eigenvalue weighted by molar-refractivity contribution is 0.385. The molecule has 0 fully saturated rings. The van der Waals surface area contributed by atoms with E-state index >= 15 is 0 Å². The minimum Gasteiger partial charge on any atom is -0.494 e. The Morgan fingerprint density at radius 2 is 1.42 bits per heavy atom. The number of halogens is 3. The van der Waals surface area contributed by atoms with Crippen LogP contribution in [0.1, 0.15) is 0 Å². The highest BCUT2D eigenvalue weighted by Crippen LogP contribution is 2.28. The quantitative estimate of drug-likeness (QED) is 0.483. The molecule has 3 aromatic carbocycles. The number of hydrogen-bond donors (Lipinski definition) is 2. The Bertz CT molecular complexity index is 1330. The van der Waals surface area contributed by atoms with Crippen molar-refractivity contribution in [3.8, 4) is 5.75 Å². The predicted molar refractivity (Wildman–Crippen MR) is 117 cm³/mol. The second-order valence-electron chi connectivity index (χ2n) is 6.16. The fourth-order valence-electron chi connectivity index (χ4n) is 2.50. The van der Waals surface area contributed by atoms with Crippen LogP contribution in [-0.4, -0.2) is 23.9 Å². The number of benzene rings is 3. The van der Waals surface area contributed by atoms with Crippen LogP contribution in [0.5, 0.6) is 5.75 Å². The summed E-state index contributed by atoms with van der Waals surface area (Å²) in [6, 6.07) is 12.4. The monoisotopic (exact) mass is 504 g/mol. The third-order valence-electron chi connectivity index (χ3n) is 4.03. The molecular weight excluding hydrogens is 490 g/mol. The molecule has 0 aliphatic heterocycles. The first kappa shape index (κ1) is 23.1. The van der Waals surface area contributed by atoms with Crippen molar-refractivity contribution in [2.75, 3.05) is 16.6 Å². The van der Waals surface area contributed by atoms with Crippen molar-refractivity contribution in [1.82, 2.24) is 0 Å². The summed E-state index contributed by atoms with van der Waals surface area (Å²) in [6.45, 7) is 0. The lowest BCUT2D eigenvalue weighted by atomic mass is 10.3. The van der Waals surface area contributed by atoms with Crippen molar-refractivity contribution in [3.63, 3.8) is 0 Å². The van der Waals surface area contributed by atoms with Gasteiger partial charge in [-0.3, -0.25) is 9.44 Å². The van der Waals surface area contributed by atoms with Gasteiger partial charge in [0.1, 0.15) is 0 Å². The molecule has 0 atom stereocenters. The molecule has 0 unspecified atom stereocenters. The van der Waals surface area contributed by atoms with Crippen LogP contribution in [-0.2, 0) is 20.0 Å². The van der Waals surface area contributed by atoms with Gasteiger partial charge < -0.3 is 4.74 Å². The summed E-state index contributed by atoms with van der Waals surface area (Å²) >= 11 is 11.8. The first-order valence-electron chi connectivity index (χ1n) is 8.46. The van der Waals surface area contributed by atoms with Gasteiger partial charge in [0.25, 0.3) is 20.0 Å². The van der Waals surface area contributed by atoms with Gasteiger partial charge in [-0.1, -0.05) is 23.2 Å². The highest BCUT2D eigenvalue weighted by molar-refractivity contribution is 7.93. The Morgan fingerprint density at radius 3 is 2.03 bits per heavy atom. The molecule has 0 amide bonds. The summed E-state index contributed by atoms with van der Waals surface area (Å²) in [5.74, 6) is -0.930. The Kier molecular flexibility index (Phi) is 6.65. The number of ether oxygens (including phenoxy) is 1. The van der Waals surface area contributed by atoms with Crippen molar-refractivity contribution < 1.29 is 26.0 Å². The minimum atomic E-state index is -4.06. The lowest BCUT2D eigenvalue weighted by Gasteiger charge is -2.12. The average Bonchev–Trinajstić information content (AvgIpc) is 2.70. The molecule has 31 heavy (non-hydrogen) atoms. The van der Waals surface area contributed by atoms with Crippen molar-refractivity contribution >= 4 is 54.6 Å². The van der Waals surface area contributed by atoms with Crippen LogP contribution >= 0.6 is 23.2 Å². The maximum absolute atomic E-state index is 13.5. The SMILES string of the molecule is COc1cc(S(=O)(=O)Nc2ccc(S(=O)(=O)Nc3ccc(Cl)cc3Cl)cc2)ccc1F. The summed E-state index contributed by atoms with van der Waals surface area (Å²) in [5, 5.41) is 0.471. The first-order valence-corrected chi connectivity index (χ1v) is 12.2. The topological polar surface area (TPSA) is 102 Å². The van der Waals surface area contributed by atoms with Gasteiger partial charge in [0.15, 0.2) is 11.6 Å². The molecule has 0 saturated heterocycles. The number of rotatable bonds is 7. The van der Waals surface area contributed by atoms with E-state index in [1.807, 2.05) is 0 Å². The fourth-order valence-corrected chi connectivity index (χ4v) is 5.16. The first-order chi connectivity index (χ1) is 14.5. The molecule has 0 spiro atoms. The van der Waals surface area contributed by atoms with Crippen molar-refractivity contribution in [2.45, 2.75) is 9.79 Å². The summed E-state index contributed by atoms with van der Waals surface area (Å²) in [7, 11) is -6.83. The van der Waals surface area contributed by atoms with Crippen LogP contribution in [0.4, 0.5) is 15.8 Å². The molecule has 0 aromatic heterocycles. The van der Waals surface area contributed by atoms with Gasteiger partial charge in [0.2, 0.25) is 0 Å². The maximum Gasteiger partial charge on any atom is 0.262 e. The van der Waals surface area contributed by atoms with Crippen molar-refractivity contribution in [2.24, 2.45) is 0 Å². The summed E-state index contributed by atoms with van der Waals surface area (Å²) in [6.07, 6.45) is 0. The Labute approximate surface area is 188 Å². The van der Waals surface area contributed by atoms with E-state index in [1.54, 1.807) is 0 Å². The maximum atomic E-state index is 13.5. The third kappa shape index (κ3) is 5.40. The van der Waals surface area contributed by atoms with E-state index in [0.29, 0.717) is 5.02 Å². The van der Waals surface area contributed by atoms with Crippen LogP contribution in [0.2, 0.25) is 10.0 Å². The number of methoxy groups -OCH3 is 1.